The van der Waals surface area contributed by atoms with Crippen molar-refractivity contribution in [2.24, 2.45) is 0 Å². The van der Waals surface area contributed by atoms with Crippen molar-refractivity contribution in [2.75, 3.05) is 27.1 Å². The predicted molar refractivity (Wildman–Crippen MR) is 188 cm³/mol. The van der Waals surface area contributed by atoms with Gasteiger partial charge in [0.05, 0.1) is 27.1 Å². The fourth-order valence-corrected chi connectivity index (χ4v) is 6.65. The molecule has 0 radical (unpaired) electrons. The fraction of sp³-hybridized carbons (Fsp3) is 0.378. The first-order valence-electron chi connectivity index (χ1n) is 16.2. The summed E-state index contributed by atoms with van der Waals surface area (Å²) in [6.07, 6.45) is -2.39. The number of aryl methyl sites for hydroxylation is 1. The topological polar surface area (TPSA) is 151 Å². The lowest BCUT2D eigenvalue weighted by atomic mass is 9.80. The zero-order chi connectivity index (χ0) is 37.1. The average molecular weight is 723 g/mol. The first-order valence-corrected chi connectivity index (χ1v) is 18.0. The van der Waals surface area contributed by atoms with E-state index in [-0.39, 0.29) is 18.6 Å². The zero-order valence-electron chi connectivity index (χ0n) is 29.5. The predicted octanol–water partition coefficient (Wildman–Crippen LogP) is 4.76. The van der Waals surface area contributed by atoms with E-state index in [0.717, 1.165) is 27.5 Å². The van der Waals surface area contributed by atoms with E-state index in [1.54, 1.807) is 35.0 Å². The maximum Gasteiger partial charge on any atom is 0.425 e. The summed E-state index contributed by atoms with van der Waals surface area (Å²) in [5.74, 6) is 1.26. The van der Waals surface area contributed by atoms with Crippen molar-refractivity contribution in [1.82, 2.24) is 9.13 Å². The molecule has 4 aromatic rings. The first kappa shape index (κ1) is 37.5. The Balaban J connectivity index is 1.59. The lowest BCUT2D eigenvalue weighted by Crippen LogP contribution is -2.47. The maximum atomic E-state index is 13.7. The normalized spacial score (nSPS) is 18.0. The molecular formula is C37H42N2O11S. The molecule has 3 aromatic carbocycles. The van der Waals surface area contributed by atoms with E-state index in [4.69, 9.17) is 27.9 Å². The lowest BCUT2D eigenvalue weighted by Gasteiger charge is -2.37. The molecular weight excluding hydrogens is 680 g/mol. The van der Waals surface area contributed by atoms with Gasteiger partial charge in [-0.05, 0) is 68.7 Å². The molecule has 3 atom stereocenters. The van der Waals surface area contributed by atoms with Gasteiger partial charge in [0, 0.05) is 18.2 Å². The third-order valence-corrected chi connectivity index (χ3v) is 8.88. The molecule has 51 heavy (non-hydrogen) atoms. The minimum atomic E-state index is -4.02. The molecule has 0 aliphatic carbocycles. The first-order chi connectivity index (χ1) is 24.1. The monoisotopic (exact) mass is 722 g/mol. The van der Waals surface area contributed by atoms with Crippen LogP contribution in [-0.4, -0.2) is 68.5 Å². The number of hydrogen-bond donors (Lipinski definition) is 0. The van der Waals surface area contributed by atoms with Gasteiger partial charge in [0.2, 0.25) is 0 Å². The summed E-state index contributed by atoms with van der Waals surface area (Å²) in [5, 5.41) is 0. The van der Waals surface area contributed by atoms with Crippen molar-refractivity contribution in [1.29, 1.82) is 0 Å². The van der Waals surface area contributed by atoms with Crippen LogP contribution in [0.25, 0.3) is 0 Å². The molecule has 13 nitrogen and oxygen atoms in total. The molecule has 5 rings (SSSR count). The van der Waals surface area contributed by atoms with Crippen molar-refractivity contribution in [3.8, 4) is 11.5 Å². The van der Waals surface area contributed by atoms with Gasteiger partial charge in [-0.15, -0.1) is 0 Å². The number of carbonyl (C=O) groups is 1. The van der Waals surface area contributed by atoms with Crippen molar-refractivity contribution < 1.29 is 41.1 Å². The quantitative estimate of drug-likeness (QED) is 0.156. The van der Waals surface area contributed by atoms with Gasteiger partial charge in [-0.2, -0.15) is 13.0 Å². The number of aromatic nitrogens is 2. The molecule has 272 valence electrons. The molecule has 1 saturated heterocycles. The molecule has 1 aliphatic heterocycles. The third kappa shape index (κ3) is 8.25. The van der Waals surface area contributed by atoms with Crippen LogP contribution in [0, 0.1) is 6.92 Å². The van der Waals surface area contributed by atoms with Gasteiger partial charge < -0.3 is 23.7 Å². The van der Waals surface area contributed by atoms with Crippen molar-refractivity contribution >= 4 is 16.2 Å². The smallest absolute Gasteiger partial charge is 0.425 e. The van der Waals surface area contributed by atoms with E-state index in [9.17, 15) is 22.8 Å². The summed E-state index contributed by atoms with van der Waals surface area (Å²) in [6, 6.07) is 24.2. The van der Waals surface area contributed by atoms with Gasteiger partial charge in [0.15, 0.2) is 0 Å². The number of rotatable bonds is 11. The lowest BCUT2D eigenvalue weighted by molar-refractivity contribution is -0.0912. The number of methoxy groups -OCH3 is 2. The maximum absolute atomic E-state index is 13.7. The number of benzene rings is 3. The summed E-state index contributed by atoms with van der Waals surface area (Å²) in [7, 11) is -0.877. The van der Waals surface area contributed by atoms with Crippen molar-refractivity contribution in [3.05, 3.63) is 128 Å². The van der Waals surface area contributed by atoms with E-state index < -0.39 is 57.1 Å². The molecule has 2 heterocycles. The molecule has 0 amide bonds. The second kappa shape index (κ2) is 14.8. The number of carbonyl (C=O) groups excluding carboxylic acids is 1. The van der Waals surface area contributed by atoms with Gasteiger partial charge in [-0.3, -0.25) is 13.5 Å². The minimum absolute atomic E-state index is 0.0615. The van der Waals surface area contributed by atoms with Crippen LogP contribution < -0.4 is 20.7 Å². The highest BCUT2D eigenvalue weighted by Crippen LogP contribution is 2.43. The molecule has 1 aromatic heterocycles. The standard InChI is InChI=1S/C37H42N2O11S/c1-24-22-38(34(41)39(33(24)40)35(42)49-36(2,3)4)32-21-30(50-51(7,43)44)31(48-32)23-47-37(25-11-9-8-10-12-25,26-13-17-28(45-5)18-14-26)27-15-19-29(46-6)20-16-27/h8-20,22,30-32H,21,23H2,1-7H3/t30-,31-,32?/m1/s1. The molecule has 0 N–H and O–H groups in total. The molecule has 0 saturated carbocycles. The van der Waals surface area contributed by atoms with Crippen LogP contribution in [0.1, 0.15) is 55.7 Å². The second-order valence-corrected chi connectivity index (χ2v) is 14.7. The average Bonchev–Trinajstić information content (AvgIpc) is 3.47. The molecule has 0 spiro atoms. The second-order valence-electron chi connectivity index (χ2n) is 13.1. The molecule has 14 heteroatoms. The Labute approximate surface area is 296 Å². The summed E-state index contributed by atoms with van der Waals surface area (Å²) in [4.78, 5) is 39.6. The van der Waals surface area contributed by atoms with Gasteiger partial charge in [-0.1, -0.05) is 54.6 Å². The Morgan fingerprint density at radius 3 is 1.88 bits per heavy atom. The number of hydrogen-bond acceptors (Lipinski definition) is 11. The van der Waals surface area contributed by atoms with Crippen molar-refractivity contribution in [3.63, 3.8) is 0 Å². The highest BCUT2D eigenvalue weighted by molar-refractivity contribution is 7.86. The van der Waals surface area contributed by atoms with Gasteiger partial charge in [0.1, 0.15) is 41.1 Å². The summed E-state index contributed by atoms with van der Waals surface area (Å²) in [6.45, 7) is 6.04. The molecule has 1 fully saturated rings. The Morgan fingerprint density at radius 2 is 1.39 bits per heavy atom. The molecule has 1 aliphatic rings. The van der Waals surface area contributed by atoms with E-state index in [1.807, 2.05) is 78.9 Å². The Kier molecular flexibility index (Phi) is 10.9. The van der Waals surface area contributed by atoms with Crippen LogP contribution in [0.3, 0.4) is 0 Å². The number of nitrogens with zero attached hydrogens (tertiary/aromatic N) is 2. The van der Waals surface area contributed by atoms with Crippen LogP contribution >= 0.6 is 0 Å². The van der Waals surface area contributed by atoms with E-state index in [2.05, 4.69) is 0 Å². The largest absolute Gasteiger partial charge is 0.497 e. The summed E-state index contributed by atoms with van der Waals surface area (Å²) >= 11 is 0. The van der Waals surface area contributed by atoms with E-state index in [1.165, 1.54) is 13.1 Å². The molecule has 0 bridgehead atoms. The van der Waals surface area contributed by atoms with Crippen LogP contribution in [0.15, 0.2) is 94.6 Å². The van der Waals surface area contributed by atoms with Gasteiger partial charge >= 0.3 is 11.8 Å². The zero-order valence-corrected chi connectivity index (χ0v) is 30.3. The van der Waals surface area contributed by atoms with Gasteiger partial charge in [0.25, 0.3) is 15.7 Å². The Morgan fingerprint density at radius 1 is 0.863 bits per heavy atom. The SMILES string of the molecule is COc1ccc(C(OC[C@H]2OC(n3cc(C)c(=O)n(C(=O)OC(C)(C)C)c3=O)C[C@H]2OS(C)(=O)=O)(c2ccccc2)c2ccc(OC)cc2)cc1. The van der Waals surface area contributed by atoms with Crippen LogP contribution in [0.4, 0.5) is 4.79 Å². The van der Waals surface area contributed by atoms with Crippen molar-refractivity contribution in [2.45, 2.75) is 63.8 Å². The van der Waals surface area contributed by atoms with E-state index in [0.29, 0.717) is 16.1 Å². The fourth-order valence-electron chi connectivity index (χ4n) is 6.00. The van der Waals surface area contributed by atoms with Crippen LogP contribution in [-0.2, 0) is 34.1 Å². The summed E-state index contributed by atoms with van der Waals surface area (Å²) < 4.78 is 61.4. The van der Waals surface area contributed by atoms with E-state index >= 15 is 0 Å². The van der Waals surface area contributed by atoms with Gasteiger partial charge in [-0.25, -0.2) is 9.59 Å². The third-order valence-electron chi connectivity index (χ3n) is 8.29. The highest BCUT2D eigenvalue weighted by Gasteiger charge is 2.44. The van der Waals surface area contributed by atoms with Crippen LogP contribution in [0.2, 0.25) is 0 Å². The summed E-state index contributed by atoms with van der Waals surface area (Å²) in [5.41, 5.74) is -1.85. The Bertz CT molecular complexity index is 2020. The minimum Gasteiger partial charge on any atom is -0.497 e. The highest BCUT2D eigenvalue weighted by atomic mass is 32.2. The number of ether oxygens (including phenoxy) is 5. The van der Waals surface area contributed by atoms with Crippen LogP contribution in [0.5, 0.6) is 11.5 Å². The molecule has 1 unspecified atom stereocenters. The Hall–Kier alpha value is -4.76.